The van der Waals surface area contributed by atoms with E-state index in [-0.39, 0.29) is 18.3 Å². The Balaban J connectivity index is 1.87. The Kier molecular flexibility index (Phi) is 8.80. The molecule has 0 spiro atoms. The van der Waals surface area contributed by atoms with Crippen molar-refractivity contribution in [2.75, 3.05) is 11.4 Å². The maximum absolute atomic E-state index is 13.8. The highest BCUT2D eigenvalue weighted by atomic mass is 16.5. The molecule has 2 aromatic rings. The summed E-state index contributed by atoms with van der Waals surface area (Å²) in [5, 5.41) is 0. The minimum absolute atomic E-state index is 0.0394. The standard InChI is InChI=1S/C30H42N2O4/c1-9-10-11-12-15-32(26-17-19(2)16-20(3)31-26)27(34)18-30(8)14-13-25-23(6)28(35-24(7)33)21(4)22(5)29(25)36-30/h16-17H,9-15,18H2,1-8H3. The smallest absolute Gasteiger partial charge is 0.308 e. The number of carbonyl (C=O) groups is 2. The summed E-state index contributed by atoms with van der Waals surface area (Å²) in [7, 11) is 0. The molecule has 196 valence electrons. The maximum Gasteiger partial charge on any atom is 0.308 e. The van der Waals surface area contributed by atoms with Gasteiger partial charge in [-0.05, 0) is 95.2 Å². The SMILES string of the molecule is CCCCCCN(C(=O)CC1(C)CCc2c(C)c(OC(C)=O)c(C)c(C)c2O1)c1cc(C)cc(C)n1. The molecule has 1 atom stereocenters. The van der Waals surface area contributed by atoms with E-state index in [1.54, 1.807) is 0 Å². The van der Waals surface area contributed by atoms with Gasteiger partial charge in [0.25, 0.3) is 0 Å². The van der Waals surface area contributed by atoms with E-state index in [1.165, 1.54) is 6.92 Å². The normalized spacial score (nSPS) is 16.8. The lowest BCUT2D eigenvalue weighted by Crippen LogP contribution is -2.44. The molecule has 1 aromatic heterocycles. The summed E-state index contributed by atoms with van der Waals surface area (Å²) in [6.07, 6.45) is 6.10. The number of ether oxygens (including phenoxy) is 2. The number of aromatic nitrogens is 1. The topological polar surface area (TPSA) is 68.7 Å². The van der Waals surface area contributed by atoms with E-state index < -0.39 is 5.60 Å². The van der Waals surface area contributed by atoms with Gasteiger partial charge in [0.1, 0.15) is 22.9 Å². The van der Waals surface area contributed by atoms with Crippen LogP contribution in [0.2, 0.25) is 0 Å². The van der Waals surface area contributed by atoms with Crippen LogP contribution >= 0.6 is 0 Å². The molecule has 36 heavy (non-hydrogen) atoms. The second kappa shape index (κ2) is 11.4. The minimum Gasteiger partial charge on any atom is -0.486 e. The summed E-state index contributed by atoms with van der Waals surface area (Å²) in [5.41, 5.74) is 5.24. The lowest BCUT2D eigenvalue weighted by molar-refractivity contribution is -0.132. The zero-order chi connectivity index (χ0) is 26.6. The molecular weight excluding hydrogens is 452 g/mol. The fraction of sp³-hybridized carbons (Fsp3) is 0.567. The molecule has 6 nitrogen and oxygen atoms in total. The van der Waals surface area contributed by atoms with Crippen LogP contribution in [0.25, 0.3) is 0 Å². The summed E-state index contributed by atoms with van der Waals surface area (Å²) in [6.45, 7) is 16.2. The van der Waals surface area contributed by atoms with Gasteiger partial charge >= 0.3 is 5.97 Å². The molecular formula is C30H42N2O4. The quantitative estimate of drug-likeness (QED) is 0.222. The lowest BCUT2D eigenvalue weighted by Gasteiger charge is -2.38. The number of rotatable bonds is 9. The number of fused-ring (bicyclic) bond motifs is 1. The summed E-state index contributed by atoms with van der Waals surface area (Å²) in [6, 6.07) is 4.03. The zero-order valence-electron chi connectivity index (χ0n) is 23.3. The summed E-state index contributed by atoms with van der Waals surface area (Å²) < 4.78 is 12.1. The molecule has 0 saturated carbocycles. The zero-order valence-corrected chi connectivity index (χ0v) is 23.3. The Morgan fingerprint density at radius 1 is 1.06 bits per heavy atom. The average Bonchev–Trinajstić information content (AvgIpc) is 2.79. The number of hydrogen-bond acceptors (Lipinski definition) is 5. The van der Waals surface area contributed by atoms with Crippen molar-refractivity contribution in [2.24, 2.45) is 0 Å². The number of aryl methyl sites for hydroxylation is 2. The molecule has 6 heteroatoms. The van der Waals surface area contributed by atoms with Crippen LogP contribution in [0.3, 0.4) is 0 Å². The molecule has 1 amide bonds. The number of nitrogens with zero attached hydrogens (tertiary/aromatic N) is 2. The van der Waals surface area contributed by atoms with Gasteiger partial charge in [0, 0.05) is 24.7 Å². The third kappa shape index (κ3) is 6.26. The monoisotopic (exact) mass is 494 g/mol. The first kappa shape index (κ1) is 27.7. The fourth-order valence-electron chi connectivity index (χ4n) is 5.14. The van der Waals surface area contributed by atoms with Crippen molar-refractivity contribution < 1.29 is 19.1 Å². The molecule has 0 bridgehead atoms. The van der Waals surface area contributed by atoms with Gasteiger partial charge < -0.3 is 9.47 Å². The number of benzene rings is 1. The third-order valence-corrected chi connectivity index (χ3v) is 7.23. The lowest BCUT2D eigenvalue weighted by atomic mass is 9.85. The van der Waals surface area contributed by atoms with E-state index in [9.17, 15) is 9.59 Å². The van der Waals surface area contributed by atoms with Crippen LogP contribution in [-0.4, -0.2) is 29.0 Å². The molecule has 0 aliphatic carbocycles. The molecule has 0 saturated heterocycles. The Labute approximate surface area is 216 Å². The number of carbonyl (C=O) groups excluding carboxylic acids is 2. The Morgan fingerprint density at radius 3 is 2.42 bits per heavy atom. The van der Waals surface area contributed by atoms with Gasteiger partial charge in [-0.1, -0.05) is 26.2 Å². The molecule has 1 aliphatic heterocycles. The molecule has 1 aromatic carbocycles. The fourth-order valence-corrected chi connectivity index (χ4v) is 5.14. The van der Waals surface area contributed by atoms with Crippen LogP contribution < -0.4 is 14.4 Å². The third-order valence-electron chi connectivity index (χ3n) is 7.23. The summed E-state index contributed by atoms with van der Waals surface area (Å²) in [4.78, 5) is 32.0. The van der Waals surface area contributed by atoms with Crippen LogP contribution in [0.5, 0.6) is 11.5 Å². The largest absolute Gasteiger partial charge is 0.486 e. The number of hydrogen-bond donors (Lipinski definition) is 0. The van der Waals surface area contributed by atoms with Crippen LogP contribution in [0.15, 0.2) is 12.1 Å². The van der Waals surface area contributed by atoms with Gasteiger partial charge in [-0.2, -0.15) is 0 Å². The van der Waals surface area contributed by atoms with Crippen LogP contribution in [-0.2, 0) is 16.0 Å². The van der Waals surface area contributed by atoms with Crippen LogP contribution in [0.4, 0.5) is 5.82 Å². The van der Waals surface area contributed by atoms with Crippen molar-refractivity contribution >= 4 is 17.7 Å². The summed E-state index contributed by atoms with van der Waals surface area (Å²) >= 11 is 0. The molecule has 3 rings (SSSR count). The first-order chi connectivity index (χ1) is 17.0. The highest BCUT2D eigenvalue weighted by molar-refractivity contribution is 5.93. The van der Waals surface area contributed by atoms with Crippen molar-refractivity contribution in [2.45, 2.75) is 106 Å². The van der Waals surface area contributed by atoms with Gasteiger partial charge in [-0.25, -0.2) is 4.98 Å². The molecule has 1 aliphatic rings. The van der Waals surface area contributed by atoms with Gasteiger partial charge in [0.15, 0.2) is 0 Å². The van der Waals surface area contributed by atoms with Gasteiger partial charge in [0.05, 0.1) is 6.42 Å². The van der Waals surface area contributed by atoms with Crippen molar-refractivity contribution in [1.29, 1.82) is 0 Å². The van der Waals surface area contributed by atoms with E-state index in [4.69, 9.17) is 14.5 Å². The minimum atomic E-state index is -0.628. The van der Waals surface area contributed by atoms with Crippen molar-refractivity contribution in [3.05, 3.63) is 45.6 Å². The first-order valence-corrected chi connectivity index (χ1v) is 13.2. The van der Waals surface area contributed by atoms with Crippen LogP contribution in [0, 0.1) is 34.6 Å². The Morgan fingerprint density at radius 2 is 1.78 bits per heavy atom. The van der Waals surface area contributed by atoms with E-state index in [0.29, 0.717) is 18.7 Å². The number of pyridine rings is 1. The number of anilines is 1. The highest BCUT2D eigenvalue weighted by Gasteiger charge is 2.38. The maximum atomic E-state index is 13.8. The van der Waals surface area contributed by atoms with Crippen molar-refractivity contribution in [3.8, 4) is 11.5 Å². The Hall–Kier alpha value is -2.89. The van der Waals surface area contributed by atoms with Crippen LogP contribution in [0.1, 0.15) is 92.8 Å². The Bertz CT molecular complexity index is 1120. The van der Waals surface area contributed by atoms with Gasteiger partial charge in [-0.15, -0.1) is 0 Å². The first-order valence-electron chi connectivity index (χ1n) is 13.2. The average molecular weight is 495 g/mol. The van der Waals surface area contributed by atoms with Gasteiger partial charge in [0.2, 0.25) is 5.91 Å². The van der Waals surface area contributed by atoms with E-state index >= 15 is 0 Å². The highest BCUT2D eigenvalue weighted by Crippen LogP contribution is 2.44. The van der Waals surface area contributed by atoms with Crippen molar-refractivity contribution in [3.63, 3.8) is 0 Å². The molecule has 0 N–H and O–H groups in total. The number of esters is 1. The molecule has 2 heterocycles. The predicted molar refractivity (Wildman–Crippen MR) is 144 cm³/mol. The molecule has 1 unspecified atom stereocenters. The number of amides is 1. The van der Waals surface area contributed by atoms with E-state index in [0.717, 1.165) is 77.2 Å². The van der Waals surface area contributed by atoms with E-state index in [1.807, 2.05) is 58.6 Å². The predicted octanol–water partition coefficient (Wildman–Crippen LogP) is 6.64. The van der Waals surface area contributed by atoms with Crippen molar-refractivity contribution in [1.82, 2.24) is 4.98 Å². The number of unbranched alkanes of at least 4 members (excludes halogenated alkanes) is 3. The summed E-state index contributed by atoms with van der Waals surface area (Å²) in [5.74, 6) is 1.88. The molecule has 0 fully saturated rings. The molecule has 0 radical (unpaired) electrons. The van der Waals surface area contributed by atoms with E-state index in [2.05, 4.69) is 6.92 Å². The second-order valence-corrected chi connectivity index (χ2v) is 10.6. The van der Waals surface area contributed by atoms with Gasteiger partial charge in [-0.3, -0.25) is 14.5 Å². The second-order valence-electron chi connectivity index (χ2n) is 10.6.